The van der Waals surface area contributed by atoms with Crippen molar-refractivity contribution in [2.75, 3.05) is 6.61 Å². The van der Waals surface area contributed by atoms with Crippen molar-refractivity contribution in [1.29, 1.82) is 0 Å². The van der Waals surface area contributed by atoms with Gasteiger partial charge in [0.1, 0.15) is 6.10 Å². The summed E-state index contributed by atoms with van der Waals surface area (Å²) in [4.78, 5) is 23.5. The highest BCUT2D eigenvalue weighted by atomic mass is 16.5. The highest BCUT2D eigenvalue weighted by Crippen LogP contribution is 2.13. The molecule has 0 fully saturated rings. The van der Waals surface area contributed by atoms with Gasteiger partial charge < -0.3 is 9.47 Å². The number of hydrogen-bond acceptors (Lipinski definition) is 4. The number of rotatable bonds is 20. The van der Waals surface area contributed by atoms with E-state index in [1.807, 2.05) is 20.8 Å². The Bertz CT molecular complexity index is 392. The Hall–Kier alpha value is -1.06. The van der Waals surface area contributed by atoms with Crippen molar-refractivity contribution in [3.05, 3.63) is 0 Å². The van der Waals surface area contributed by atoms with Gasteiger partial charge in [0.25, 0.3) is 0 Å². The van der Waals surface area contributed by atoms with Gasteiger partial charge in [-0.05, 0) is 18.8 Å². The van der Waals surface area contributed by atoms with E-state index < -0.39 is 0 Å². The zero-order chi connectivity index (χ0) is 21.7. The summed E-state index contributed by atoms with van der Waals surface area (Å²) in [5.41, 5.74) is 0. The summed E-state index contributed by atoms with van der Waals surface area (Å²) in [6, 6.07) is 0. The lowest BCUT2D eigenvalue weighted by atomic mass is 10.0. The SMILES string of the molecule is CCCCCCCCCCCCCCCOC(=O)CCC(=O)OC(CC)C(C)C. The molecule has 0 aromatic rings. The molecular weight excluding hydrogens is 364 g/mol. The number of hydrogen-bond donors (Lipinski definition) is 0. The van der Waals surface area contributed by atoms with Crippen molar-refractivity contribution in [2.24, 2.45) is 5.92 Å². The monoisotopic (exact) mass is 412 g/mol. The Morgan fingerprint density at radius 2 is 1.10 bits per heavy atom. The summed E-state index contributed by atoms with van der Waals surface area (Å²) >= 11 is 0. The van der Waals surface area contributed by atoms with Crippen LogP contribution in [0, 0.1) is 5.92 Å². The fourth-order valence-corrected chi connectivity index (χ4v) is 3.50. The van der Waals surface area contributed by atoms with Crippen molar-refractivity contribution in [3.8, 4) is 0 Å². The summed E-state index contributed by atoms with van der Waals surface area (Å²) < 4.78 is 10.6. The molecule has 0 bridgehead atoms. The molecule has 0 radical (unpaired) electrons. The van der Waals surface area contributed by atoms with Gasteiger partial charge in [0.05, 0.1) is 19.4 Å². The largest absolute Gasteiger partial charge is 0.466 e. The minimum Gasteiger partial charge on any atom is -0.466 e. The zero-order valence-corrected chi connectivity index (χ0v) is 19.8. The maximum Gasteiger partial charge on any atom is 0.306 e. The first-order valence-corrected chi connectivity index (χ1v) is 12.4. The molecule has 0 aromatic heterocycles. The van der Waals surface area contributed by atoms with E-state index in [-0.39, 0.29) is 30.9 Å². The number of ether oxygens (including phenoxy) is 2. The van der Waals surface area contributed by atoms with Crippen molar-refractivity contribution < 1.29 is 19.1 Å². The molecule has 4 heteroatoms. The van der Waals surface area contributed by atoms with Gasteiger partial charge in [0.2, 0.25) is 0 Å². The molecular formula is C25H48O4. The molecule has 0 rings (SSSR count). The molecule has 0 aromatic carbocycles. The minimum absolute atomic E-state index is 0.0654. The Morgan fingerprint density at radius 3 is 1.55 bits per heavy atom. The first-order chi connectivity index (χ1) is 14.0. The van der Waals surface area contributed by atoms with Gasteiger partial charge in [-0.15, -0.1) is 0 Å². The second kappa shape index (κ2) is 20.2. The second-order valence-corrected chi connectivity index (χ2v) is 8.64. The van der Waals surface area contributed by atoms with Gasteiger partial charge in [0.15, 0.2) is 0 Å². The summed E-state index contributed by atoms with van der Waals surface area (Å²) in [5.74, 6) is -0.298. The van der Waals surface area contributed by atoms with Crippen LogP contribution in [0.2, 0.25) is 0 Å². The molecule has 0 saturated heterocycles. The van der Waals surface area contributed by atoms with Crippen LogP contribution in [0.1, 0.15) is 130 Å². The normalized spacial score (nSPS) is 12.2. The number of carbonyl (C=O) groups is 2. The third-order valence-electron chi connectivity index (χ3n) is 5.47. The lowest BCUT2D eigenvalue weighted by Gasteiger charge is -2.19. The Labute approximate surface area is 180 Å². The standard InChI is InChI=1S/C25H48O4/c1-5-7-8-9-10-11-12-13-14-15-16-17-18-21-28-24(26)19-20-25(27)29-23(6-2)22(3)4/h22-23H,5-21H2,1-4H3. The lowest BCUT2D eigenvalue weighted by Crippen LogP contribution is -2.23. The predicted octanol–water partition coefficient (Wildman–Crippen LogP) is 7.38. The van der Waals surface area contributed by atoms with Crippen LogP contribution in [0.5, 0.6) is 0 Å². The smallest absolute Gasteiger partial charge is 0.306 e. The number of esters is 2. The molecule has 172 valence electrons. The van der Waals surface area contributed by atoms with Crippen LogP contribution in [0.25, 0.3) is 0 Å². The van der Waals surface area contributed by atoms with Gasteiger partial charge in [-0.25, -0.2) is 0 Å². The third-order valence-corrected chi connectivity index (χ3v) is 5.47. The van der Waals surface area contributed by atoms with E-state index in [1.165, 1.54) is 70.6 Å². The van der Waals surface area contributed by atoms with E-state index in [0.29, 0.717) is 12.5 Å². The van der Waals surface area contributed by atoms with Crippen LogP contribution in [0.15, 0.2) is 0 Å². The Balaban J connectivity index is 3.40. The molecule has 1 atom stereocenters. The van der Waals surface area contributed by atoms with Crippen LogP contribution >= 0.6 is 0 Å². The molecule has 0 N–H and O–H groups in total. The summed E-state index contributed by atoms with van der Waals surface area (Å²) in [6.45, 7) is 8.80. The van der Waals surface area contributed by atoms with Crippen molar-refractivity contribution in [2.45, 2.75) is 137 Å². The van der Waals surface area contributed by atoms with Crippen molar-refractivity contribution >= 4 is 11.9 Å². The maximum absolute atomic E-state index is 11.8. The van der Waals surface area contributed by atoms with Crippen molar-refractivity contribution in [3.63, 3.8) is 0 Å². The van der Waals surface area contributed by atoms with Gasteiger partial charge in [0, 0.05) is 0 Å². The highest BCUT2D eigenvalue weighted by Gasteiger charge is 2.17. The molecule has 0 aliphatic carbocycles. The Kier molecular flexibility index (Phi) is 19.5. The van der Waals surface area contributed by atoms with Crippen LogP contribution < -0.4 is 0 Å². The molecule has 0 amide bonds. The fraction of sp³-hybridized carbons (Fsp3) is 0.920. The summed E-state index contributed by atoms with van der Waals surface area (Å²) in [7, 11) is 0. The average molecular weight is 413 g/mol. The van der Waals surface area contributed by atoms with E-state index in [4.69, 9.17) is 9.47 Å². The average Bonchev–Trinajstić information content (AvgIpc) is 2.70. The fourth-order valence-electron chi connectivity index (χ4n) is 3.50. The molecule has 0 spiro atoms. The van der Waals surface area contributed by atoms with Crippen LogP contribution in [-0.4, -0.2) is 24.6 Å². The summed E-state index contributed by atoms with van der Waals surface area (Å²) in [6.07, 6.45) is 17.9. The van der Waals surface area contributed by atoms with E-state index in [0.717, 1.165) is 19.3 Å². The van der Waals surface area contributed by atoms with Gasteiger partial charge >= 0.3 is 11.9 Å². The van der Waals surface area contributed by atoms with Crippen LogP contribution in [-0.2, 0) is 19.1 Å². The van der Waals surface area contributed by atoms with E-state index >= 15 is 0 Å². The molecule has 0 aliphatic heterocycles. The number of unbranched alkanes of at least 4 members (excludes halogenated alkanes) is 12. The molecule has 0 aliphatic rings. The van der Waals surface area contributed by atoms with E-state index in [1.54, 1.807) is 0 Å². The topological polar surface area (TPSA) is 52.6 Å². The van der Waals surface area contributed by atoms with E-state index in [9.17, 15) is 9.59 Å². The Morgan fingerprint density at radius 1 is 0.655 bits per heavy atom. The molecule has 0 saturated carbocycles. The molecule has 1 unspecified atom stereocenters. The third kappa shape index (κ3) is 18.7. The summed E-state index contributed by atoms with van der Waals surface area (Å²) in [5, 5.41) is 0. The molecule has 29 heavy (non-hydrogen) atoms. The van der Waals surface area contributed by atoms with Crippen LogP contribution in [0.4, 0.5) is 0 Å². The minimum atomic E-state index is -0.302. The van der Waals surface area contributed by atoms with Gasteiger partial charge in [-0.2, -0.15) is 0 Å². The first-order valence-electron chi connectivity index (χ1n) is 12.4. The second-order valence-electron chi connectivity index (χ2n) is 8.64. The van der Waals surface area contributed by atoms with Crippen LogP contribution in [0.3, 0.4) is 0 Å². The lowest BCUT2D eigenvalue weighted by molar-refractivity contribution is -0.155. The highest BCUT2D eigenvalue weighted by molar-refractivity contribution is 5.77. The predicted molar refractivity (Wildman–Crippen MR) is 121 cm³/mol. The van der Waals surface area contributed by atoms with Gasteiger partial charge in [-0.1, -0.05) is 105 Å². The van der Waals surface area contributed by atoms with Gasteiger partial charge in [-0.3, -0.25) is 9.59 Å². The number of carbonyl (C=O) groups excluding carboxylic acids is 2. The molecule has 4 nitrogen and oxygen atoms in total. The quantitative estimate of drug-likeness (QED) is 0.155. The van der Waals surface area contributed by atoms with Crippen molar-refractivity contribution in [1.82, 2.24) is 0 Å². The zero-order valence-electron chi connectivity index (χ0n) is 19.8. The molecule has 0 heterocycles. The van der Waals surface area contributed by atoms with E-state index in [2.05, 4.69) is 6.92 Å². The first kappa shape index (κ1) is 27.9. The maximum atomic E-state index is 11.8.